The summed E-state index contributed by atoms with van der Waals surface area (Å²) in [6.07, 6.45) is -4.60. The molecule has 1 unspecified atom stereocenters. The van der Waals surface area contributed by atoms with Gasteiger partial charge in [0, 0.05) is 29.4 Å². The number of carbonyl (C=O) groups is 2. The number of nitrogens with one attached hydrogen (secondary N) is 2. The van der Waals surface area contributed by atoms with E-state index in [-0.39, 0.29) is 35.4 Å². The molecular formula is C27H21F3N2O4. The van der Waals surface area contributed by atoms with Crippen LogP contribution < -0.4 is 5.32 Å². The maximum atomic E-state index is 13.5. The highest BCUT2D eigenvalue weighted by Gasteiger charge is 2.35. The minimum atomic E-state index is -4.62. The van der Waals surface area contributed by atoms with Gasteiger partial charge in [-0.25, -0.2) is 9.59 Å². The summed E-state index contributed by atoms with van der Waals surface area (Å²) in [4.78, 5) is 27.2. The number of hydrogen-bond acceptors (Lipinski definition) is 3. The molecule has 5 rings (SSSR count). The van der Waals surface area contributed by atoms with Gasteiger partial charge >= 0.3 is 18.2 Å². The van der Waals surface area contributed by atoms with Crippen molar-refractivity contribution in [2.45, 2.75) is 24.6 Å². The largest absolute Gasteiger partial charge is 0.480 e. The highest BCUT2D eigenvalue weighted by Crippen LogP contribution is 2.44. The lowest BCUT2D eigenvalue weighted by molar-refractivity contribution is -0.139. The number of alkyl carbamates (subject to hydrolysis) is 1. The van der Waals surface area contributed by atoms with Gasteiger partial charge in [0.2, 0.25) is 0 Å². The molecule has 1 atom stereocenters. The maximum Gasteiger partial charge on any atom is 0.417 e. The molecule has 4 aromatic rings. The molecule has 0 fully saturated rings. The Hall–Kier alpha value is -4.27. The molecule has 0 saturated heterocycles. The van der Waals surface area contributed by atoms with Gasteiger partial charge in [-0.15, -0.1) is 0 Å². The Labute approximate surface area is 203 Å². The second-order valence-electron chi connectivity index (χ2n) is 8.60. The number of alkyl halides is 3. The lowest BCUT2D eigenvalue weighted by Crippen LogP contribution is -2.42. The Bertz CT molecular complexity index is 1420. The fraction of sp³-hybridized carbons (Fsp3) is 0.185. The quantitative estimate of drug-likeness (QED) is 0.320. The summed E-state index contributed by atoms with van der Waals surface area (Å²) in [5.41, 5.74) is 3.58. The maximum absolute atomic E-state index is 13.5. The van der Waals surface area contributed by atoms with Gasteiger partial charge in [0.05, 0.1) is 5.56 Å². The first kappa shape index (κ1) is 23.5. The van der Waals surface area contributed by atoms with E-state index in [0.717, 1.165) is 28.3 Å². The SMILES string of the molecule is O=C(NC(Cc1c[nH]c2cccc(C(F)(F)F)c12)C(=O)O)OCC1c2ccccc2-c2ccccc21. The van der Waals surface area contributed by atoms with E-state index in [4.69, 9.17) is 4.74 Å². The standard InChI is InChI=1S/C27H21F3N2O4/c28-27(29,30)21-10-5-11-22-24(21)15(13-31-22)12-23(25(33)34)32-26(35)36-14-20-18-8-3-1-6-16(18)17-7-2-4-9-19(17)20/h1-11,13,20,23,31H,12,14H2,(H,32,35)(H,33,34). The molecule has 3 aromatic carbocycles. The third-order valence-electron chi connectivity index (χ3n) is 6.45. The molecular weight excluding hydrogens is 473 g/mol. The Morgan fingerprint density at radius 1 is 0.972 bits per heavy atom. The Balaban J connectivity index is 1.32. The first-order chi connectivity index (χ1) is 17.2. The van der Waals surface area contributed by atoms with E-state index in [9.17, 15) is 27.9 Å². The molecule has 1 aliphatic rings. The summed E-state index contributed by atoms with van der Waals surface area (Å²) < 4.78 is 46.0. The second-order valence-corrected chi connectivity index (χ2v) is 8.60. The fourth-order valence-electron chi connectivity index (χ4n) is 4.86. The normalized spacial score (nSPS) is 13.8. The van der Waals surface area contributed by atoms with E-state index in [1.54, 1.807) is 0 Å². The number of hydrogen-bond donors (Lipinski definition) is 3. The molecule has 0 saturated carbocycles. The Morgan fingerprint density at radius 3 is 2.22 bits per heavy atom. The smallest absolute Gasteiger partial charge is 0.417 e. The summed E-state index contributed by atoms with van der Waals surface area (Å²) in [7, 11) is 0. The van der Waals surface area contributed by atoms with Crippen molar-refractivity contribution in [2.24, 2.45) is 0 Å². The predicted molar refractivity (Wildman–Crippen MR) is 127 cm³/mol. The molecule has 6 nitrogen and oxygen atoms in total. The van der Waals surface area contributed by atoms with Crippen molar-refractivity contribution in [3.05, 3.63) is 95.2 Å². The van der Waals surface area contributed by atoms with Crippen LogP contribution in [0.2, 0.25) is 0 Å². The molecule has 184 valence electrons. The summed E-state index contributed by atoms with van der Waals surface area (Å²) in [6.45, 7) is -0.0164. The second kappa shape index (κ2) is 9.07. The van der Waals surface area contributed by atoms with Crippen LogP contribution in [0.4, 0.5) is 18.0 Å². The number of benzene rings is 3. The van der Waals surface area contributed by atoms with Crippen molar-refractivity contribution in [1.29, 1.82) is 0 Å². The monoisotopic (exact) mass is 494 g/mol. The molecule has 1 aromatic heterocycles. The van der Waals surface area contributed by atoms with Crippen molar-refractivity contribution in [2.75, 3.05) is 6.61 Å². The zero-order chi connectivity index (χ0) is 25.4. The van der Waals surface area contributed by atoms with E-state index in [2.05, 4.69) is 10.3 Å². The minimum absolute atomic E-state index is 0.0164. The van der Waals surface area contributed by atoms with Crippen LogP contribution in [0.5, 0.6) is 0 Å². The van der Waals surface area contributed by atoms with Gasteiger partial charge in [-0.1, -0.05) is 54.6 Å². The summed E-state index contributed by atoms with van der Waals surface area (Å²) in [5.74, 6) is -1.60. The molecule has 0 aliphatic heterocycles. The highest BCUT2D eigenvalue weighted by atomic mass is 19.4. The number of ether oxygens (including phenoxy) is 1. The van der Waals surface area contributed by atoms with Gasteiger partial charge in [0.25, 0.3) is 0 Å². The molecule has 3 N–H and O–H groups in total. The summed E-state index contributed by atoms with van der Waals surface area (Å²) >= 11 is 0. The van der Waals surface area contributed by atoms with Crippen LogP contribution >= 0.6 is 0 Å². The number of H-pyrrole nitrogens is 1. The third kappa shape index (κ3) is 4.28. The summed E-state index contributed by atoms with van der Waals surface area (Å²) in [6, 6.07) is 17.7. The highest BCUT2D eigenvalue weighted by molar-refractivity contribution is 5.88. The average molecular weight is 494 g/mol. The number of halogens is 3. The number of aromatic amines is 1. The number of aliphatic carboxylic acids is 1. The number of carboxylic acids is 1. The van der Waals surface area contributed by atoms with E-state index in [0.29, 0.717) is 0 Å². The molecule has 1 amide bonds. The van der Waals surface area contributed by atoms with Gasteiger partial charge < -0.3 is 20.1 Å². The molecule has 1 aliphatic carbocycles. The van der Waals surface area contributed by atoms with Gasteiger partial charge in [0.1, 0.15) is 12.6 Å². The topological polar surface area (TPSA) is 91.4 Å². The van der Waals surface area contributed by atoms with E-state index < -0.39 is 29.8 Å². The lowest BCUT2D eigenvalue weighted by atomic mass is 9.98. The third-order valence-corrected chi connectivity index (χ3v) is 6.45. The molecule has 36 heavy (non-hydrogen) atoms. The lowest BCUT2D eigenvalue weighted by Gasteiger charge is -2.18. The van der Waals surface area contributed by atoms with E-state index >= 15 is 0 Å². The molecule has 9 heteroatoms. The molecule has 0 spiro atoms. The minimum Gasteiger partial charge on any atom is -0.480 e. The first-order valence-corrected chi connectivity index (χ1v) is 11.2. The number of aromatic nitrogens is 1. The van der Waals surface area contributed by atoms with Crippen LogP contribution in [0.15, 0.2) is 72.9 Å². The molecule has 1 heterocycles. The summed E-state index contributed by atoms with van der Waals surface area (Å²) in [5, 5.41) is 11.8. The first-order valence-electron chi connectivity index (χ1n) is 11.2. The van der Waals surface area contributed by atoms with E-state index in [1.165, 1.54) is 18.3 Å². The van der Waals surface area contributed by atoms with Crippen molar-refractivity contribution in [3.8, 4) is 11.1 Å². The van der Waals surface area contributed by atoms with Crippen molar-refractivity contribution in [3.63, 3.8) is 0 Å². The van der Waals surface area contributed by atoms with Crippen LogP contribution in [-0.2, 0) is 22.1 Å². The van der Waals surface area contributed by atoms with Crippen LogP contribution in [0.1, 0.15) is 28.2 Å². The number of carboxylic acid groups (broad SMARTS) is 1. The fourth-order valence-corrected chi connectivity index (χ4v) is 4.86. The van der Waals surface area contributed by atoms with Gasteiger partial charge in [-0.3, -0.25) is 0 Å². The number of rotatable bonds is 6. The predicted octanol–water partition coefficient (Wildman–Crippen LogP) is 5.72. The Kier molecular flexibility index (Phi) is 5.91. The average Bonchev–Trinajstić information content (AvgIpc) is 3.40. The number of amides is 1. The van der Waals surface area contributed by atoms with Crippen molar-refractivity contribution in [1.82, 2.24) is 10.3 Å². The van der Waals surface area contributed by atoms with Crippen LogP contribution in [0.3, 0.4) is 0 Å². The van der Waals surface area contributed by atoms with Crippen LogP contribution in [-0.4, -0.2) is 34.8 Å². The number of carbonyl (C=O) groups excluding carboxylic acids is 1. The van der Waals surface area contributed by atoms with Crippen molar-refractivity contribution < 1.29 is 32.6 Å². The van der Waals surface area contributed by atoms with Gasteiger partial charge in [-0.05, 0) is 39.9 Å². The van der Waals surface area contributed by atoms with Gasteiger partial charge in [0.15, 0.2) is 0 Å². The van der Waals surface area contributed by atoms with Crippen molar-refractivity contribution >= 4 is 23.0 Å². The van der Waals surface area contributed by atoms with Gasteiger partial charge in [-0.2, -0.15) is 13.2 Å². The molecule has 0 bridgehead atoms. The zero-order valence-electron chi connectivity index (χ0n) is 18.8. The van der Waals surface area contributed by atoms with E-state index in [1.807, 2.05) is 48.5 Å². The van der Waals surface area contributed by atoms with Crippen LogP contribution in [0, 0.1) is 0 Å². The Morgan fingerprint density at radius 2 is 1.61 bits per heavy atom. The molecule has 0 radical (unpaired) electrons. The van der Waals surface area contributed by atoms with Crippen LogP contribution in [0.25, 0.3) is 22.0 Å². The zero-order valence-corrected chi connectivity index (χ0v) is 18.8. The number of fused-ring (bicyclic) bond motifs is 4.